The van der Waals surface area contributed by atoms with E-state index in [0.717, 1.165) is 11.3 Å². The predicted octanol–water partition coefficient (Wildman–Crippen LogP) is 3.56. The maximum atomic E-state index is 12.7. The lowest BCUT2D eigenvalue weighted by Crippen LogP contribution is -2.25. The van der Waals surface area contributed by atoms with Crippen molar-refractivity contribution in [2.75, 3.05) is 13.7 Å². The van der Waals surface area contributed by atoms with Gasteiger partial charge in [0, 0.05) is 12.1 Å². The number of Topliss-reactive ketones (excluding diaryl/α,β-unsaturated/α-hetero) is 1. The molecule has 29 heavy (non-hydrogen) atoms. The minimum absolute atomic E-state index is 0.154. The summed E-state index contributed by atoms with van der Waals surface area (Å²) in [7, 11) is 1.59. The van der Waals surface area contributed by atoms with Crippen molar-refractivity contribution in [2.24, 2.45) is 0 Å². The third kappa shape index (κ3) is 5.47. The van der Waals surface area contributed by atoms with Crippen molar-refractivity contribution in [3.05, 3.63) is 52.3 Å². The maximum absolute atomic E-state index is 12.7. The van der Waals surface area contributed by atoms with Crippen LogP contribution in [0.5, 0.6) is 5.75 Å². The molecule has 0 spiro atoms. The normalized spacial score (nSPS) is 11.6. The van der Waals surface area contributed by atoms with E-state index in [0.29, 0.717) is 23.2 Å². The zero-order valence-electron chi connectivity index (χ0n) is 17.5. The minimum Gasteiger partial charge on any atom is -0.497 e. The average Bonchev–Trinajstić information content (AvgIpc) is 3.00. The number of ether oxygens (including phenoxy) is 3. The Hall–Kier alpha value is -3.09. The number of rotatable bonds is 9. The summed E-state index contributed by atoms with van der Waals surface area (Å²) >= 11 is 0. The van der Waals surface area contributed by atoms with Crippen LogP contribution in [0.2, 0.25) is 0 Å². The number of aryl methyl sites for hydroxylation is 2. The number of nitrogens with one attached hydrogen (secondary N) is 1. The minimum atomic E-state index is -0.967. The molecule has 1 aromatic carbocycles. The first-order valence-electron chi connectivity index (χ1n) is 9.51. The molecule has 0 aliphatic heterocycles. The van der Waals surface area contributed by atoms with Crippen molar-refractivity contribution in [1.29, 1.82) is 0 Å². The highest BCUT2D eigenvalue weighted by atomic mass is 16.5. The number of hydrogen-bond donors (Lipinski definition) is 1. The second kappa shape index (κ2) is 9.91. The topological polar surface area (TPSA) is 94.7 Å². The van der Waals surface area contributed by atoms with E-state index in [1.165, 1.54) is 6.92 Å². The lowest BCUT2D eigenvalue weighted by atomic mass is 10.1. The highest BCUT2D eigenvalue weighted by Crippen LogP contribution is 2.21. The number of methoxy groups -OCH3 is 1. The van der Waals surface area contributed by atoms with Crippen LogP contribution in [0.4, 0.5) is 0 Å². The molecule has 1 atom stereocenters. The van der Waals surface area contributed by atoms with Crippen LogP contribution in [0.3, 0.4) is 0 Å². The summed E-state index contributed by atoms with van der Waals surface area (Å²) < 4.78 is 15.4. The van der Waals surface area contributed by atoms with Crippen LogP contribution in [-0.4, -0.2) is 42.5 Å². The Morgan fingerprint density at radius 2 is 1.76 bits per heavy atom. The van der Waals surface area contributed by atoms with Gasteiger partial charge in [-0.15, -0.1) is 0 Å². The molecule has 2 rings (SSSR count). The molecule has 1 N–H and O–H groups in total. The number of esters is 2. The Kier molecular flexibility index (Phi) is 7.59. The van der Waals surface area contributed by atoms with Gasteiger partial charge in [0.1, 0.15) is 5.75 Å². The van der Waals surface area contributed by atoms with Gasteiger partial charge in [-0.2, -0.15) is 0 Å². The fraction of sp³-hybridized carbons (Fsp3) is 0.409. The van der Waals surface area contributed by atoms with Crippen LogP contribution in [0.15, 0.2) is 24.3 Å². The van der Waals surface area contributed by atoms with E-state index in [1.807, 2.05) is 24.3 Å². The fourth-order valence-electron chi connectivity index (χ4n) is 3.06. The maximum Gasteiger partial charge on any atom is 0.340 e. The van der Waals surface area contributed by atoms with Crippen LogP contribution in [0.25, 0.3) is 0 Å². The van der Waals surface area contributed by atoms with Crippen LogP contribution in [0.1, 0.15) is 57.9 Å². The number of aromatic nitrogens is 1. The highest BCUT2D eigenvalue weighted by Gasteiger charge is 2.27. The van der Waals surface area contributed by atoms with Crippen molar-refractivity contribution >= 4 is 17.7 Å². The molecule has 0 bridgehead atoms. The average molecular weight is 401 g/mol. The van der Waals surface area contributed by atoms with Gasteiger partial charge in [0.25, 0.3) is 0 Å². The largest absolute Gasteiger partial charge is 0.497 e. The van der Waals surface area contributed by atoms with Gasteiger partial charge in [0.2, 0.25) is 5.78 Å². The van der Waals surface area contributed by atoms with Crippen molar-refractivity contribution in [1.82, 2.24) is 4.98 Å². The summed E-state index contributed by atoms with van der Waals surface area (Å²) in [6, 6.07) is 7.40. The number of H-pyrrole nitrogens is 1. The molecule has 2 aromatic rings. The summed E-state index contributed by atoms with van der Waals surface area (Å²) in [4.78, 5) is 39.9. The van der Waals surface area contributed by atoms with Crippen LogP contribution < -0.4 is 4.74 Å². The standard InChI is InChI=1S/C22H27NO6/c1-6-28-22(26)19-13(2)20(23-14(19)3)21(25)15(4)29-18(24)12-9-16-7-10-17(27-5)11-8-16/h7-8,10-11,15,23H,6,9,12H2,1-5H3/t15-/m0/s1. The molecule has 7 nitrogen and oxygen atoms in total. The van der Waals surface area contributed by atoms with Gasteiger partial charge in [-0.1, -0.05) is 12.1 Å². The zero-order chi connectivity index (χ0) is 21.6. The molecule has 0 unspecified atom stereocenters. The van der Waals surface area contributed by atoms with E-state index >= 15 is 0 Å². The molecule has 0 fully saturated rings. The number of aromatic amines is 1. The number of benzene rings is 1. The summed E-state index contributed by atoms with van der Waals surface area (Å²) in [5.74, 6) is -0.594. The monoisotopic (exact) mass is 401 g/mol. The van der Waals surface area contributed by atoms with Gasteiger partial charge in [-0.3, -0.25) is 9.59 Å². The van der Waals surface area contributed by atoms with Crippen molar-refractivity contribution in [3.8, 4) is 5.75 Å². The Morgan fingerprint density at radius 1 is 1.10 bits per heavy atom. The Balaban J connectivity index is 1.98. The first-order chi connectivity index (χ1) is 13.8. The quantitative estimate of drug-likeness (QED) is 0.510. The molecular weight excluding hydrogens is 374 g/mol. The van der Waals surface area contributed by atoms with E-state index in [2.05, 4.69) is 4.98 Å². The number of hydrogen-bond acceptors (Lipinski definition) is 6. The third-order valence-corrected chi connectivity index (χ3v) is 4.62. The molecule has 0 aliphatic rings. The van der Waals surface area contributed by atoms with E-state index in [4.69, 9.17) is 14.2 Å². The smallest absolute Gasteiger partial charge is 0.340 e. The van der Waals surface area contributed by atoms with Crippen molar-refractivity contribution in [3.63, 3.8) is 0 Å². The number of carbonyl (C=O) groups excluding carboxylic acids is 3. The highest BCUT2D eigenvalue weighted by molar-refractivity contribution is 6.03. The first kappa shape index (κ1) is 22.2. The molecule has 0 aliphatic carbocycles. The number of ketones is 1. The zero-order valence-corrected chi connectivity index (χ0v) is 17.5. The van der Waals surface area contributed by atoms with Gasteiger partial charge in [0.05, 0.1) is 25.0 Å². The predicted molar refractivity (Wildman–Crippen MR) is 107 cm³/mol. The van der Waals surface area contributed by atoms with Crippen LogP contribution in [-0.2, 0) is 20.7 Å². The summed E-state index contributed by atoms with van der Waals surface area (Å²) in [6.45, 7) is 6.85. The molecular formula is C22H27NO6. The van der Waals surface area contributed by atoms with Gasteiger partial charge in [-0.25, -0.2) is 4.79 Å². The molecule has 0 radical (unpaired) electrons. The van der Waals surface area contributed by atoms with Crippen molar-refractivity contribution in [2.45, 2.75) is 46.6 Å². The molecule has 156 valence electrons. The van der Waals surface area contributed by atoms with Crippen LogP contribution >= 0.6 is 0 Å². The van der Waals surface area contributed by atoms with E-state index < -0.39 is 18.0 Å². The number of carbonyl (C=O) groups is 3. The SMILES string of the molecule is CCOC(=O)c1c(C)[nH]c(C(=O)[C@H](C)OC(=O)CCc2ccc(OC)cc2)c1C. The molecule has 1 aromatic heterocycles. The Morgan fingerprint density at radius 3 is 2.34 bits per heavy atom. The van der Waals surface area contributed by atoms with E-state index in [1.54, 1.807) is 27.9 Å². The van der Waals surface area contributed by atoms with Gasteiger partial charge in [0.15, 0.2) is 6.10 Å². The lowest BCUT2D eigenvalue weighted by molar-refractivity contribution is -0.146. The molecule has 0 saturated carbocycles. The Labute approximate surface area is 170 Å². The molecule has 7 heteroatoms. The Bertz CT molecular complexity index is 881. The summed E-state index contributed by atoms with van der Waals surface area (Å²) in [6.07, 6.45) is -0.317. The van der Waals surface area contributed by atoms with E-state index in [-0.39, 0.29) is 24.5 Å². The van der Waals surface area contributed by atoms with Gasteiger partial charge < -0.3 is 19.2 Å². The fourth-order valence-corrected chi connectivity index (χ4v) is 3.06. The van der Waals surface area contributed by atoms with Gasteiger partial charge >= 0.3 is 11.9 Å². The molecule has 0 amide bonds. The van der Waals surface area contributed by atoms with Crippen molar-refractivity contribution < 1.29 is 28.6 Å². The lowest BCUT2D eigenvalue weighted by Gasteiger charge is -2.12. The second-order valence-electron chi connectivity index (χ2n) is 6.69. The van der Waals surface area contributed by atoms with E-state index in [9.17, 15) is 14.4 Å². The molecule has 0 saturated heterocycles. The third-order valence-electron chi connectivity index (χ3n) is 4.62. The van der Waals surface area contributed by atoms with Gasteiger partial charge in [-0.05, 0) is 57.4 Å². The summed E-state index contributed by atoms with van der Waals surface area (Å²) in [5.41, 5.74) is 2.60. The first-order valence-corrected chi connectivity index (χ1v) is 9.51. The molecule has 1 heterocycles. The van der Waals surface area contributed by atoms with Crippen LogP contribution in [0, 0.1) is 13.8 Å². The second-order valence-corrected chi connectivity index (χ2v) is 6.69. The summed E-state index contributed by atoms with van der Waals surface area (Å²) in [5, 5.41) is 0.